The molecule has 0 aliphatic rings. The molecule has 19 heavy (non-hydrogen) atoms. The number of hydrogen-bond donors (Lipinski definition) is 0. The summed E-state index contributed by atoms with van der Waals surface area (Å²) in [4.78, 5) is 19.9. The van der Waals surface area contributed by atoms with Crippen molar-refractivity contribution >= 4 is 23.8 Å². The summed E-state index contributed by atoms with van der Waals surface area (Å²) < 4.78 is 15.0. The molecule has 0 amide bonds. The number of nitrogens with zero attached hydrogens (tertiary/aromatic N) is 3. The summed E-state index contributed by atoms with van der Waals surface area (Å²) in [6.07, 6.45) is 3.97. The number of oxime groups is 1. The molecule has 0 spiro atoms. The molecule has 1 aromatic heterocycles. The Balaban J connectivity index is 2.06. The zero-order valence-corrected chi connectivity index (χ0v) is 10.6. The quantitative estimate of drug-likeness (QED) is 0.493. The Morgan fingerprint density at radius 1 is 1.58 bits per heavy atom. The number of aromatic nitrogens is 2. The van der Waals surface area contributed by atoms with Gasteiger partial charge in [0.25, 0.3) is 0 Å². The molecule has 0 radical (unpaired) electrons. The summed E-state index contributed by atoms with van der Waals surface area (Å²) in [6, 6.07) is 4.20. The van der Waals surface area contributed by atoms with Gasteiger partial charge in [-0.15, -0.1) is 0 Å². The van der Waals surface area contributed by atoms with Crippen LogP contribution in [0, 0.1) is 5.82 Å². The Hall–Kier alpha value is -2.21. The molecule has 0 aliphatic carbocycles. The Kier molecular flexibility index (Phi) is 3.91. The second-order valence-electron chi connectivity index (χ2n) is 3.67. The van der Waals surface area contributed by atoms with Crippen LogP contribution in [0.2, 0.25) is 5.02 Å². The van der Waals surface area contributed by atoms with E-state index in [1.54, 1.807) is 11.6 Å². The van der Waals surface area contributed by atoms with E-state index in [1.807, 2.05) is 0 Å². The van der Waals surface area contributed by atoms with Crippen molar-refractivity contribution in [3.05, 3.63) is 52.8 Å². The largest absolute Gasteiger partial charge is 0.385 e. The number of aryl methyl sites for hydroxylation is 1. The minimum absolute atomic E-state index is 0.0537. The SMILES string of the molecule is Cn1cnc(C(=O)ON=Cc2c(F)cccc2Cl)c1. The van der Waals surface area contributed by atoms with E-state index < -0.39 is 11.8 Å². The van der Waals surface area contributed by atoms with Gasteiger partial charge >= 0.3 is 5.97 Å². The lowest BCUT2D eigenvalue weighted by Crippen LogP contribution is -2.02. The van der Waals surface area contributed by atoms with Crippen LogP contribution in [0.25, 0.3) is 0 Å². The zero-order valence-electron chi connectivity index (χ0n) is 9.88. The second-order valence-corrected chi connectivity index (χ2v) is 4.08. The molecule has 0 aliphatic heterocycles. The Morgan fingerprint density at radius 2 is 2.37 bits per heavy atom. The molecule has 0 saturated carbocycles. The van der Waals surface area contributed by atoms with E-state index in [-0.39, 0.29) is 16.3 Å². The lowest BCUT2D eigenvalue weighted by molar-refractivity contribution is 0.0512. The fourth-order valence-electron chi connectivity index (χ4n) is 1.33. The van der Waals surface area contributed by atoms with Gasteiger partial charge in [0, 0.05) is 13.2 Å². The first kappa shape index (κ1) is 13.2. The van der Waals surface area contributed by atoms with Gasteiger partial charge in [0.2, 0.25) is 0 Å². The highest BCUT2D eigenvalue weighted by atomic mass is 35.5. The van der Waals surface area contributed by atoms with Crippen LogP contribution in [0.1, 0.15) is 16.1 Å². The highest BCUT2D eigenvalue weighted by molar-refractivity contribution is 6.33. The highest BCUT2D eigenvalue weighted by Crippen LogP contribution is 2.16. The zero-order chi connectivity index (χ0) is 13.8. The molecular formula is C12H9ClFN3O2. The summed E-state index contributed by atoms with van der Waals surface area (Å²) in [5.74, 6) is -1.28. The van der Waals surface area contributed by atoms with Crippen LogP contribution in [0.4, 0.5) is 4.39 Å². The maximum Gasteiger partial charge on any atom is 0.385 e. The van der Waals surface area contributed by atoms with Crippen molar-refractivity contribution in [3.8, 4) is 0 Å². The predicted molar refractivity (Wildman–Crippen MR) is 67.6 cm³/mol. The topological polar surface area (TPSA) is 56.5 Å². The van der Waals surface area contributed by atoms with Crippen LogP contribution in [0.5, 0.6) is 0 Å². The molecule has 2 rings (SSSR count). The van der Waals surface area contributed by atoms with Crippen molar-refractivity contribution < 1.29 is 14.0 Å². The van der Waals surface area contributed by atoms with Crippen LogP contribution < -0.4 is 0 Å². The van der Waals surface area contributed by atoms with Crippen molar-refractivity contribution in [1.82, 2.24) is 9.55 Å². The minimum Gasteiger partial charge on any atom is -0.340 e. The third kappa shape index (κ3) is 3.17. The molecule has 5 nitrogen and oxygen atoms in total. The first-order chi connectivity index (χ1) is 9.08. The predicted octanol–water partition coefficient (Wildman–Crippen LogP) is 2.40. The van der Waals surface area contributed by atoms with E-state index in [9.17, 15) is 9.18 Å². The number of benzene rings is 1. The fraction of sp³-hybridized carbons (Fsp3) is 0.0833. The highest BCUT2D eigenvalue weighted by Gasteiger charge is 2.10. The van der Waals surface area contributed by atoms with Crippen LogP contribution >= 0.6 is 11.6 Å². The monoisotopic (exact) mass is 281 g/mol. The molecule has 7 heteroatoms. The van der Waals surface area contributed by atoms with Crippen molar-refractivity contribution in [2.75, 3.05) is 0 Å². The molecule has 0 unspecified atom stereocenters. The molecular weight excluding hydrogens is 273 g/mol. The summed E-state index contributed by atoms with van der Waals surface area (Å²) in [7, 11) is 1.71. The first-order valence-electron chi connectivity index (χ1n) is 5.24. The molecule has 0 bridgehead atoms. The van der Waals surface area contributed by atoms with E-state index in [2.05, 4.69) is 15.0 Å². The second kappa shape index (κ2) is 5.62. The van der Waals surface area contributed by atoms with Gasteiger partial charge in [-0.1, -0.05) is 22.8 Å². The van der Waals surface area contributed by atoms with Crippen LogP contribution in [0.15, 0.2) is 35.9 Å². The summed E-state index contributed by atoms with van der Waals surface area (Å²) in [6.45, 7) is 0. The van der Waals surface area contributed by atoms with Crippen molar-refractivity contribution in [2.45, 2.75) is 0 Å². The molecule has 98 valence electrons. The first-order valence-corrected chi connectivity index (χ1v) is 5.62. The van der Waals surface area contributed by atoms with Gasteiger partial charge in [0.05, 0.1) is 23.1 Å². The molecule has 1 aromatic carbocycles. The molecule has 0 atom stereocenters. The average Bonchev–Trinajstić information content (AvgIpc) is 2.79. The smallest absolute Gasteiger partial charge is 0.340 e. The normalized spacial score (nSPS) is 10.9. The maximum atomic E-state index is 13.4. The average molecular weight is 282 g/mol. The minimum atomic E-state index is -0.732. The number of carbonyl (C=O) groups excluding carboxylic acids is 1. The maximum absolute atomic E-state index is 13.4. The van der Waals surface area contributed by atoms with Crippen molar-refractivity contribution in [1.29, 1.82) is 0 Å². The van der Waals surface area contributed by atoms with Gasteiger partial charge in [-0.2, -0.15) is 0 Å². The Labute approximate surface area is 113 Å². The lowest BCUT2D eigenvalue weighted by Gasteiger charge is -1.98. The third-order valence-corrected chi connectivity index (χ3v) is 2.56. The summed E-state index contributed by atoms with van der Waals surface area (Å²) in [5, 5.41) is 3.58. The van der Waals surface area contributed by atoms with Gasteiger partial charge < -0.3 is 9.40 Å². The standard InChI is InChI=1S/C12H9ClFN3O2/c1-17-6-11(15-7-17)12(18)19-16-5-8-9(13)3-2-4-10(8)14/h2-7H,1H3. The van der Waals surface area contributed by atoms with Gasteiger partial charge in [-0.25, -0.2) is 14.2 Å². The van der Waals surface area contributed by atoms with Crippen molar-refractivity contribution in [2.24, 2.45) is 12.2 Å². The van der Waals surface area contributed by atoms with E-state index in [4.69, 9.17) is 11.6 Å². The third-order valence-electron chi connectivity index (χ3n) is 2.23. The van der Waals surface area contributed by atoms with Crippen LogP contribution in [-0.2, 0) is 11.9 Å². The number of carbonyl (C=O) groups is 1. The van der Waals surface area contributed by atoms with Crippen LogP contribution in [-0.4, -0.2) is 21.7 Å². The Morgan fingerprint density at radius 3 is 3.00 bits per heavy atom. The van der Waals surface area contributed by atoms with Gasteiger partial charge in [-0.05, 0) is 12.1 Å². The number of hydrogen-bond acceptors (Lipinski definition) is 4. The van der Waals surface area contributed by atoms with E-state index in [0.29, 0.717) is 0 Å². The van der Waals surface area contributed by atoms with E-state index >= 15 is 0 Å². The number of rotatable bonds is 3. The van der Waals surface area contributed by atoms with Crippen molar-refractivity contribution in [3.63, 3.8) is 0 Å². The fourth-order valence-corrected chi connectivity index (χ4v) is 1.54. The molecule has 0 N–H and O–H groups in total. The lowest BCUT2D eigenvalue weighted by atomic mass is 10.2. The molecule has 0 fully saturated rings. The number of halogens is 2. The molecule has 0 saturated heterocycles. The van der Waals surface area contributed by atoms with E-state index in [0.717, 1.165) is 6.21 Å². The summed E-state index contributed by atoms with van der Waals surface area (Å²) in [5.41, 5.74) is 0.164. The van der Waals surface area contributed by atoms with E-state index in [1.165, 1.54) is 30.7 Å². The number of imidazole rings is 1. The van der Waals surface area contributed by atoms with Gasteiger partial charge in [0.1, 0.15) is 5.82 Å². The van der Waals surface area contributed by atoms with Gasteiger partial charge in [0.15, 0.2) is 5.69 Å². The van der Waals surface area contributed by atoms with Gasteiger partial charge in [-0.3, -0.25) is 0 Å². The summed E-state index contributed by atoms with van der Waals surface area (Å²) >= 11 is 5.78. The molecule has 2 aromatic rings. The molecule has 1 heterocycles. The Bertz CT molecular complexity index is 619. The van der Waals surface area contributed by atoms with Crippen LogP contribution in [0.3, 0.4) is 0 Å².